The Morgan fingerprint density at radius 1 is 0.550 bits per heavy atom. The van der Waals surface area contributed by atoms with E-state index >= 15 is 0 Å². The molecule has 2 amide bonds. The lowest BCUT2D eigenvalue weighted by atomic mass is 9.87. The van der Waals surface area contributed by atoms with Gasteiger partial charge in [0.2, 0.25) is 11.8 Å². The minimum Gasteiger partial charge on any atom is -0.477 e. The number of unbranched alkanes of at least 4 members (excludes halogenated alkanes) is 26. The molecular weight excluding hydrogens is 1310 g/mol. The van der Waals surface area contributed by atoms with Crippen molar-refractivity contribution in [3.8, 4) is 0 Å². The van der Waals surface area contributed by atoms with E-state index in [0.29, 0.717) is 12.8 Å². The van der Waals surface area contributed by atoms with E-state index in [1.165, 1.54) is 103 Å². The fraction of sp³-hybridized carbons (Fsp3) is 0.889. The number of Topliss-reactive ketones (excluding diaryl/α,β-unsaturated/α-hetero) is 1. The number of nitrogens with one attached hydrogen (secondary N) is 2. The maximum Gasteiger partial charge on any atom is 0.364 e. The largest absolute Gasteiger partial charge is 0.477 e. The molecule has 4 aliphatic heterocycles. The summed E-state index contributed by atoms with van der Waals surface area (Å²) in [5, 5.41) is 161. The van der Waals surface area contributed by atoms with Gasteiger partial charge in [0.25, 0.3) is 5.79 Å². The van der Waals surface area contributed by atoms with Crippen LogP contribution in [0.4, 0.5) is 0 Å². The molecule has 0 aromatic carbocycles. The Kier molecular flexibility index (Phi) is 44.1. The third-order valence-electron chi connectivity index (χ3n) is 19.4. The third-order valence-corrected chi connectivity index (χ3v) is 19.4. The van der Waals surface area contributed by atoms with Crippen LogP contribution in [0.15, 0.2) is 24.3 Å². The number of allylic oxidation sites excluding steroid dienone is 3. The number of hydrogen-bond acceptors (Lipinski definition) is 25. The summed E-state index contributed by atoms with van der Waals surface area (Å²) in [6.07, 6.45) is 2.06. The van der Waals surface area contributed by atoms with Crippen molar-refractivity contribution < 1.29 is 129 Å². The Balaban J connectivity index is 1.51. The molecule has 28 heteroatoms. The second-order valence-electron chi connectivity index (χ2n) is 27.9. The molecule has 100 heavy (non-hydrogen) atoms. The van der Waals surface area contributed by atoms with Crippen LogP contribution in [0.1, 0.15) is 233 Å². The first-order chi connectivity index (χ1) is 48.0. The molecule has 16 N–H and O–H groups in total. The predicted octanol–water partition coefficient (Wildman–Crippen LogP) is 3.56. The van der Waals surface area contributed by atoms with Gasteiger partial charge in [0.1, 0.15) is 85.1 Å². The van der Waals surface area contributed by atoms with Gasteiger partial charge >= 0.3 is 5.97 Å². The molecule has 1 unspecified atom stereocenters. The number of carbonyl (C=O) groups excluding carboxylic acids is 3. The fourth-order valence-corrected chi connectivity index (χ4v) is 13.5. The maximum absolute atomic E-state index is 13.6. The van der Waals surface area contributed by atoms with Crippen molar-refractivity contribution in [1.29, 1.82) is 0 Å². The second-order valence-corrected chi connectivity index (χ2v) is 27.9. The van der Waals surface area contributed by atoms with Crippen LogP contribution < -0.4 is 10.6 Å². The Hall–Kier alpha value is -3.28. The SMILES string of the molecule is CCCCCCCCC=CCCCCCCCCCCCC(=O)N[C@@H](CO[C@@H]1O[C@H](CO)[C@@H](O[C@@H]2O[C@H](CO)[C@H](O[C@@H]3O[C@H](CO)[C@H](O)[C@H](O)[C@H]3CC(C)=O)[C@H](O[C@]3(C(=O)O)C[C@H](O)[C@@H](NC(C)=O)C([C@H](O)[C@H](O)CO)O3)[C@H]2O)[C@H](O)[C@H]1O)[C@H](O)C=CCCCCCCCCCCCCC. The number of ether oxygens (including phenoxy) is 8. The van der Waals surface area contributed by atoms with Gasteiger partial charge in [-0.05, 0) is 51.9 Å². The summed E-state index contributed by atoms with van der Waals surface area (Å²) in [4.78, 5) is 52.1. The number of carboxylic acid groups (broad SMARTS) is 1. The summed E-state index contributed by atoms with van der Waals surface area (Å²) in [5.74, 6) is -8.56. The number of aliphatic carboxylic acids is 1. The monoisotopic (exact) mass is 1440 g/mol. The molecule has 0 aliphatic carbocycles. The zero-order chi connectivity index (χ0) is 73.6. The molecule has 28 nitrogen and oxygen atoms in total. The Morgan fingerprint density at radius 3 is 1.53 bits per heavy atom. The van der Waals surface area contributed by atoms with E-state index in [2.05, 4.69) is 36.6 Å². The molecule has 23 atom stereocenters. The Labute approximate surface area is 591 Å². The van der Waals surface area contributed by atoms with Crippen molar-refractivity contribution >= 4 is 23.6 Å². The Morgan fingerprint density at radius 2 is 1.03 bits per heavy atom. The zero-order valence-electron chi connectivity index (χ0n) is 59.8. The van der Waals surface area contributed by atoms with Crippen LogP contribution in [0.25, 0.3) is 0 Å². The van der Waals surface area contributed by atoms with Crippen LogP contribution >= 0.6 is 0 Å². The first-order valence-electron chi connectivity index (χ1n) is 37.4. The highest BCUT2D eigenvalue weighted by molar-refractivity contribution is 5.77. The lowest BCUT2D eigenvalue weighted by Gasteiger charge is -2.52. The number of hydrogen-bond donors (Lipinski definition) is 16. The van der Waals surface area contributed by atoms with Crippen LogP contribution in [0.3, 0.4) is 0 Å². The second kappa shape index (κ2) is 49.5. The van der Waals surface area contributed by atoms with Crippen LogP contribution in [0.2, 0.25) is 0 Å². The Bertz CT molecular complexity index is 2290. The first-order valence-corrected chi connectivity index (χ1v) is 37.4. The van der Waals surface area contributed by atoms with Crippen molar-refractivity contribution in [1.82, 2.24) is 10.6 Å². The summed E-state index contributed by atoms with van der Waals surface area (Å²) < 4.78 is 48.1. The zero-order valence-corrected chi connectivity index (χ0v) is 59.8. The molecule has 0 aromatic heterocycles. The summed E-state index contributed by atoms with van der Waals surface area (Å²) in [7, 11) is 0. The average Bonchev–Trinajstić information content (AvgIpc) is 0.750. The van der Waals surface area contributed by atoms with Gasteiger partial charge in [-0.2, -0.15) is 0 Å². The molecule has 0 radical (unpaired) electrons. The van der Waals surface area contributed by atoms with Gasteiger partial charge in [0.05, 0.1) is 63.4 Å². The number of carboxylic acids is 1. The van der Waals surface area contributed by atoms with Gasteiger partial charge < -0.3 is 125 Å². The lowest BCUT2D eigenvalue weighted by Crippen LogP contribution is -2.71. The highest BCUT2D eigenvalue weighted by Crippen LogP contribution is 2.41. The molecule has 0 bridgehead atoms. The van der Waals surface area contributed by atoms with Crippen LogP contribution in [0.5, 0.6) is 0 Å². The third kappa shape index (κ3) is 29.9. The molecule has 0 spiro atoms. The van der Waals surface area contributed by atoms with E-state index in [4.69, 9.17) is 37.9 Å². The average molecular weight is 1440 g/mol. The van der Waals surface area contributed by atoms with Gasteiger partial charge in [-0.25, -0.2) is 4.79 Å². The molecule has 4 heterocycles. The van der Waals surface area contributed by atoms with Gasteiger partial charge in [0.15, 0.2) is 18.9 Å². The summed E-state index contributed by atoms with van der Waals surface area (Å²) in [5.41, 5.74) is 0. The van der Waals surface area contributed by atoms with Gasteiger partial charge in [0, 0.05) is 32.1 Å². The number of rotatable bonds is 53. The van der Waals surface area contributed by atoms with Crippen molar-refractivity contribution in [3.63, 3.8) is 0 Å². The topological polar surface area (TPSA) is 449 Å². The minimum absolute atomic E-state index is 0.159. The highest BCUT2D eigenvalue weighted by Gasteiger charge is 2.61. The number of amides is 2. The van der Waals surface area contributed by atoms with Gasteiger partial charge in [-0.3, -0.25) is 9.59 Å². The molecule has 4 fully saturated rings. The van der Waals surface area contributed by atoms with Gasteiger partial charge in [-0.15, -0.1) is 0 Å². The highest BCUT2D eigenvalue weighted by atomic mass is 16.8. The maximum atomic E-state index is 13.6. The van der Waals surface area contributed by atoms with E-state index in [-0.39, 0.29) is 12.3 Å². The van der Waals surface area contributed by atoms with E-state index < -0.39 is 204 Å². The molecule has 4 rings (SSSR count). The number of aliphatic hydroxyl groups is 13. The normalized spacial score (nSPS) is 31.6. The predicted molar refractivity (Wildman–Crippen MR) is 365 cm³/mol. The molecule has 0 aromatic rings. The van der Waals surface area contributed by atoms with Crippen LogP contribution in [-0.4, -0.2) is 262 Å². The first kappa shape index (κ1) is 89.1. The van der Waals surface area contributed by atoms with Crippen molar-refractivity contribution in [3.05, 3.63) is 24.3 Å². The number of ketones is 1. The quantitative estimate of drug-likeness (QED) is 0.0306. The van der Waals surface area contributed by atoms with Crippen LogP contribution in [0, 0.1) is 5.92 Å². The van der Waals surface area contributed by atoms with Crippen molar-refractivity contribution in [2.45, 2.75) is 368 Å². The van der Waals surface area contributed by atoms with Gasteiger partial charge in [-0.1, -0.05) is 179 Å². The summed E-state index contributed by atoms with van der Waals surface area (Å²) >= 11 is 0. The fourth-order valence-electron chi connectivity index (χ4n) is 13.5. The van der Waals surface area contributed by atoms with Crippen molar-refractivity contribution in [2.24, 2.45) is 5.92 Å². The van der Waals surface area contributed by atoms with E-state index in [0.717, 1.165) is 84.5 Å². The smallest absolute Gasteiger partial charge is 0.364 e. The van der Waals surface area contributed by atoms with E-state index in [1.807, 2.05) is 6.08 Å². The molecular formula is C72H128N2O26. The molecule has 4 saturated heterocycles. The summed E-state index contributed by atoms with van der Waals surface area (Å²) in [6, 6.07) is -2.79. The van der Waals surface area contributed by atoms with Crippen molar-refractivity contribution in [2.75, 3.05) is 33.0 Å². The lowest BCUT2D eigenvalue weighted by molar-refractivity contribution is -0.403. The molecule has 0 saturated carbocycles. The molecule has 4 aliphatic rings. The molecule has 582 valence electrons. The standard InChI is InChI=1S/C72H128N2O26/c1-5-7-9-11-13-15-17-19-20-21-22-23-24-26-28-30-32-34-36-38-56(84)74-49(50(81)37-35-33-31-29-27-25-18-16-14-12-10-8-6-2)45-93-69-62(89)61(88)64(54(43-77)95-69)97-70-63(90)67(65(55(44-78)96-70)98-68-48(39-46(3)79)58(85)60(87)53(42-76)94-68)100-72(71(91)92)40-51(82)57(73-47(4)80)66(99-72)59(86)52(83)41-75/h19-20,35,37,48-55,57-70,75-78,81-83,85-90H,5-18,21-34,36,38-45H2,1-4H3,(H,73,80)(H,74,84)(H,91,92)/t48-,49+,50-,51+,52-,53-,54-,55-,57-,58-,59-,60+,61-,62-,63-,64-,65+,66?,67-,68+,69-,70+,72+/m1/s1. The van der Waals surface area contributed by atoms with E-state index in [9.17, 15) is 90.7 Å². The number of carbonyl (C=O) groups is 4. The summed E-state index contributed by atoms with van der Waals surface area (Å²) in [6.45, 7) is 1.91. The minimum atomic E-state index is -3.27. The number of aliphatic hydroxyl groups excluding tert-OH is 13. The van der Waals surface area contributed by atoms with E-state index in [1.54, 1.807) is 6.08 Å². The van der Waals surface area contributed by atoms with Crippen LogP contribution in [-0.2, 0) is 57.1 Å².